The Bertz CT molecular complexity index is 1230. The predicted octanol–water partition coefficient (Wildman–Crippen LogP) is 4.98. The molecule has 0 atom stereocenters. The van der Waals surface area contributed by atoms with Gasteiger partial charge in [-0.1, -0.05) is 18.2 Å². The molecule has 0 fully saturated rings. The van der Waals surface area contributed by atoms with Crippen LogP contribution in [0.5, 0.6) is 0 Å². The van der Waals surface area contributed by atoms with Crippen LogP contribution in [0.25, 0.3) is 33.4 Å². The number of para-hydroxylation sites is 1. The highest BCUT2D eigenvalue weighted by Crippen LogP contribution is 2.35. The van der Waals surface area contributed by atoms with E-state index >= 15 is 0 Å². The van der Waals surface area contributed by atoms with E-state index < -0.39 is 17.3 Å². The summed E-state index contributed by atoms with van der Waals surface area (Å²) < 4.78 is 40.4. The Morgan fingerprint density at radius 1 is 0.964 bits per heavy atom. The van der Waals surface area contributed by atoms with Gasteiger partial charge in [0.2, 0.25) is 0 Å². The van der Waals surface area contributed by atoms with E-state index in [1.807, 2.05) is 0 Å². The molecule has 0 unspecified atom stereocenters. The average molecular weight is 381 g/mol. The second kappa shape index (κ2) is 6.60. The third-order valence-electron chi connectivity index (χ3n) is 4.47. The summed E-state index contributed by atoms with van der Waals surface area (Å²) in [6.07, 6.45) is -1.51. The van der Waals surface area contributed by atoms with E-state index in [1.165, 1.54) is 6.20 Å². The fraction of sp³-hybridized carbons (Fsp3) is 0.0952. The van der Waals surface area contributed by atoms with Crippen LogP contribution in [0.15, 0.2) is 65.7 Å². The molecule has 0 bridgehead atoms. The van der Waals surface area contributed by atoms with E-state index in [2.05, 4.69) is 15.0 Å². The second-order valence-corrected chi connectivity index (χ2v) is 6.42. The summed E-state index contributed by atoms with van der Waals surface area (Å²) >= 11 is 0. The average Bonchev–Trinajstić information content (AvgIpc) is 2.68. The van der Waals surface area contributed by atoms with Crippen LogP contribution in [-0.2, 0) is 6.18 Å². The summed E-state index contributed by atoms with van der Waals surface area (Å²) in [7, 11) is 0. The molecule has 0 aliphatic heterocycles. The summed E-state index contributed by atoms with van der Waals surface area (Å²) in [4.78, 5) is 23.4. The number of H-pyrrole nitrogens is 1. The van der Waals surface area contributed by atoms with Crippen molar-refractivity contribution in [2.75, 3.05) is 0 Å². The van der Waals surface area contributed by atoms with Gasteiger partial charge in [-0.3, -0.25) is 9.78 Å². The number of nitrogens with zero attached hydrogens (tertiary/aromatic N) is 2. The van der Waals surface area contributed by atoms with Gasteiger partial charge in [-0.2, -0.15) is 13.2 Å². The molecule has 4 aromatic rings. The van der Waals surface area contributed by atoms with Crippen LogP contribution in [0.3, 0.4) is 0 Å². The maximum absolute atomic E-state index is 13.5. The van der Waals surface area contributed by atoms with Crippen LogP contribution in [0.4, 0.5) is 13.2 Å². The molecule has 7 heteroatoms. The first-order chi connectivity index (χ1) is 13.3. The number of pyridine rings is 1. The highest BCUT2D eigenvalue weighted by atomic mass is 19.4. The van der Waals surface area contributed by atoms with Crippen LogP contribution >= 0.6 is 0 Å². The third kappa shape index (κ3) is 3.26. The lowest BCUT2D eigenvalue weighted by Crippen LogP contribution is -2.11. The number of aromatic amines is 1. The molecule has 28 heavy (non-hydrogen) atoms. The topological polar surface area (TPSA) is 58.6 Å². The van der Waals surface area contributed by atoms with Crippen molar-refractivity contribution in [1.29, 1.82) is 0 Å². The number of halogens is 3. The molecule has 0 saturated carbocycles. The first-order valence-corrected chi connectivity index (χ1v) is 8.45. The zero-order valence-electron chi connectivity index (χ0n) is 14.7. The highest BCUT2D eigenvalue weighted by molar-refractivity contribution is 5.83. The number of hydrogen-bond acceptors (Lipinski definition) is 3. The van der Waals surface area contributed by atoms with E-state index in [0.29, 0.717) is 22.0 Å². The molecule has 2 heterocycles. The largest absolute Gasteiger partial charge is 0.416 e. The van der Waals surface area contributed by atoms with Gasteiger partial charge < -0.3 is 4.98 Å². The Balaban J connectivity index is 1.98. The molecule has 0 radical (unpaired) electrons. The molecular formula is C21H14F3N3O. The monoisotopic (exact) mass is 381 g/mol. The number of benzene rings is 2. The van der Waals surface area contributed by atoms with Gasteiger partial charge >= 0.3 is 6.18 Å². The van der Waals surface area contributed by atoms with Gasteiger partial charge in [-0.15, -0.1) is 0 Å². The fourth-order valence-electron chi connectivity index (χ4n) is 3.07. The van der Waals surface area contributed by atoms with Crippen molar-refractivity contribution in [1.82, 2.24) is 15.0 Å². The Morgan fingerprint density at radius 3 is 2.46 bits per heavy atom. The first-order valence-electron chi connectivity index (χ1n) is 8.45. The van der Waals surface area contributed by atoms with Crippen molar-refractivity contribution in [3.05, 3.63) is 82.4 Å². The van der Waals surface area contributed by atoms with Gasteiger partial charge in [0, 0.05) is 23.5 Å². The Labute approximate surface area is 157 Å². The highest BCUT2D eigenvalue weighted by Gasteiger charge is 2.31. The molecule has 0 spiro atoms. The van der Waals surface area contributed by atoms with Crippen molar-refractivity contribution in [2.45, 2.75) is 13.1 Å². The predicted molar refractivity (Wildman–Crippen MR) is 101 cm³/mol. The fourth-order valence-corrected chi connectivity index (χ4v) is 3.07. The number of aryl methyl sites for hydroxylation is 1. The third-order valence-corrected chi connectivity index (χ3v) is 4.47. The Hall–Kier alpha value is -3.48. The Kier molecular flexibility index (Phi) is 4.22. The minimum absolute atomic E-state index is 0.0861. The number of hydrogen-bond donors (Lipinski definition) is 1. The number of nitrogens with one attached hydrogen (secondary N) is 1. The van der Waals surface area contributed by atoms with Crippen LogP contribution in [0.2, 0.25) is 0 Å². The van der Waals surface area contributed by atoms with Crippen molar-refractivity contribution < 1.29 is 13.2 Å². The van der Waals surface area contributed by atoms with Gasteiger partial charge in [0.1, 0.15) is 5.82 Å². The summed E-state index contributed by atoms with van der Waals surface area (Å²) in [5.41, 5.74) is 1.06. The van der Waals surface area contributed by atoms with Crippen molar-refractivity contribution in [3.8, 4) is 22.5 Å². The molecule has 4 rings (SSSR count). The van der Waals surface area contributed by atoms with E-state index in [-0.39, 0.29) is 11.4 Å². The molecule has 0 aliphatic carbocycles. The van der Waals surface area contributed by atoms with Gasteiger partial charge in [-0.05, 0) is 48.4 Å². The summed E-state index contributed by atoms with van der Waals surface area (Å²) in [5, 5.41) is 0.392. The normalized spacial score (nSPS) is 11.7. The van der Waals surface area contributed by atoms with E-state index in [4.69, 9.17) is 0 Å². The minimum Gasteiger partial charge on any atom is -0.306 e. The maximum atomic E-state index is 13.5. The molecule has 2 aromatic carbocycles. The lowest BCUT2D eigenvalue weighted by Gasteiger charge is -2.13. The molecule has 0 saturated heterocycles. The van der Waals surface area contributed by atoms with E-state index in [0.717, 1.165) is 17.7 Å². The van der Waals surface area contributed by atoms with Gasteiger partial charge in [0.05, 0.1) is 16.5 Å². The van der Waals surface area contributed by atoms with Gasteiger partial charge in [-0.25, -0.2) is 4.98 Å². The molecule has 1 N–H and O–H groups in total. The zero-order valence-corrected chi connectivity index (χ0v) is 14.7. The molecule has 0 amide bonds. The summed E-state index contributed by atoms with van der Waals surface area (Å²) in [6, 6.07) is 12.1. The molecule has 0 aliphatic rings. The lowest BCUT2D eigenvalue weighted by molar-refractivity contribution is -0.137. The second-order valence-electron chi connectivity index (χ2n) is 6.42. The minimum atomic E-state index is -4.54. The van der Waals surface area contributed by atoms with E-state index in [9.17, 15) is 18.0 Å². The van der Waals surface area contributed by atoms with Crippen LogP contribution in [0.1, 0.15) is 11.1 Å². The van der Waals surface area contributed by atoms with Crippen molar-refractivity contribution in [3.63, 3.8) is 0 Å². The van der Waals surface area contributed by atoms with Crippen molar-refractivity contribution in [2.24, 2.45) is 0 Å². The summed E-state index contributed by atoms with van der Waals surface area (Å²) in [5.74, 6) is 0.0861. The zero-order chi connectivity index (χ0) is 19.9. The molecular weight excluding hydrogens is 367 g/mol. The quantitative estimate of drug-likeness (QED) is 0.533. The maximum Gasteiger partial charge on any atom is 0.416 e. The lowest BCUT2D eigenvalue weighted by atomic mass is 10.00. The van der Waals surface area contributed by atoms with Crippen LogP contribution < -0.4 is 5.56 Å². The molecule has 140 valence electrons. The van der Waals surface area contributed by atoms with Gasteiger partial charge in [0.25, 0.3) is 5.56 Å². The number of alkyl halides is 3. The number of rotatable bonds is 2. The van der Waals surface area contributed by atoms with Crippen LogP contribution in [0, 0.1) is 6.92 Å². The Morgan fingerprint density at radius 2 is 1.75 bits per heavy atom. The molecule has 4 nitrogen and oxygen atoms in total. The number of fused-ring (bicyclic) bond motifs is 1. The SMILES string of the molecule is Cc1cccc2c(=O)[nH]c(-c3cc(-c4cccnc4)cc(C(F)(F)F)c3)nc12. The van der Waals surface area contributed by atoms with E-state index in [1.54, 1.807) is 49.5 Å². The number of aromatic nitrogens is 3. The molecule has 2 aromatic heterocycles. The summed E-state index contributed by atoms with van der Waals surface area (Å²) in [6.45, 7) is 1.80. The first kappa shape index (κ1) is 17.9. The van der Waals surface area contributed by atoms with Crippen LogP contribution in [-0.4, -0.2) is 15.0 Å². The van der Waals surface area contributed by atoms with Crippen molar-refractivity contribution >= 4 is 10.9 Å². The standard InChI is InChI=1S/C21H14F3N3O/c1-12-4-2-6-17-18(12)26-19(27-20(17)28)15-8-14(13-5-3-7-25-11-13)9-16(10-15)21(22,23)24/h2-11H,1H3,(H,26,27,28). The van der Waals surface area contributed by atoms with Gasteiger partial charge in [0.15, 0.2) is 0 Å². The smallest absolute Gasteiger partial charge is 0.306 e.